The SMILES string of the molecule is COc1ccccc1NC(=O)Nc1ccccc1C(=O)O. The molecule has 0 aromatic heterocycles. The van der Waals surface area contributed by atoms with E-state index in [2.05, 4.69) is 10.6 Å². The van der Waals surface area contributed by atoms with Crippen LogP contribution in [0, 0.1) is 0 Å². The van der Waals surface area contributed by atoms with Crippen LogP contribution in [-0.2, 0) is 0 Å². The summed E-state index contributed by atoms with van der Waals surface area (Å²) in [4.78, 5) is 23.0. The Morgan fingerprint density at radius 2 is 1.52 bits per heavy atom. The highest BCUT2D eigenvalue weighted by molar-refractivity contribution is 6.05. The second kappa shape index (κ2) is 6.42. The van der Waals surface area contributed by atoms with Crippen molar-refractivity contribution < 1.29 is 19.4 Å². The van der Waals surface area contributed by atoms with Crippen molar-refractivity contribution >= 4 is 23.4 Å². The number of carboxylic acids is 1. The summed E-state index contributed by atoms with van der Waals surface area (Å²) in [7, 11) is 1.50. The Bertz CT molecular complexity index is 670. The van der Waals surface area contributed by atoms with Crippen LogP contribution in [0.3, 0.4) is 0 Å². The van der Waals surface area contributed by atoms with Crippen LogP contribution in [0.2, 0.25) is 0 Å². The third-order valence-corrected chi connectivity index (χ3v) is 2.76. The van der Waals surface area contributed by atoms with Gasteiger partial charge in [0.15, 0.2) is 0 Å². The zero-order chi connectivity index (χ0) is 15.2. The summed E-state index contributed by atoms with van der Waals surface area (Å²) in [5, 5.41) is 14.2. The number of para-hydroxylation sites is 3. The summed E-state index contributed by atoms with van der Waals surface area (Å²) in [6.07, 6.45) is 0. The molecule has 2 aromatic carbocycles. The number of benzene rings is 2. The van der Waals surface area contributed by atoms with Crippen molar-refractivity contribution in [2.45, 2.75) is 0 Å². The van der Waals surface area contributed by atoms with Crippen LogP contribution in [-0.4, -0.2) is 24.2 Å². The average molecular weight is 286 g/mol. The Labute approximate surface area is 121 Å². The van der Waals surface area contributed by atoms with Crippen LogP contribution in [0.1, 0.15) is 10.4 Å². The number of carbonyl (C=O) groups excluding carboxylic acids is 1. The van der Waals surface area contributed by atoms with Gasteiger partial charge >= 0.3 is 12.0 Å². The molecule has 0 radical (unpaired) electrons. The number of methoxy groups -OCH3 is 1. The average Bonchev–Trinajstić information content (AvgIpc) is 2.48. The van der Waals surface area contributed by atoms with E-state index in [0.717, 1.165) is 0 Å². The molecule has 0 fully saturated rings. The second-order valence-electron chi connectivity index (χ2n) is 4.13. The number of amides is 2. The Kier molecular flexibility index (Phi) is 4.40. The minimum atomic E-state index is -1.11. The van der Waals surface area contributed by atoms with E-state index >= 15 is 0 Å². The van der Waals surface area contributed by atoms with Crippen molar-refractivity contribution in [1.29, 1.82) is 0 Å². The van der Waals surface area contributed by atoms with Crippen molar-refractivity contribution in [3.8, 4) is 5.75 Å². The van der Waals surface area contributed by atoms with Crippen molar-refractivity contribution in [2.24, 2.45) is 0 Å². The Morgan fingerprint density at radius 3 is 2.19 bits per heavy atom. The van der Waals surface area contributed by atoms with Crippen molar-refractivity contribution in [1.82, 2.24) is 0 Å². The highest BCUT2D eigenvalue weighted by Crippen LogP contribution is 2.23. The maximum Gasteiger partial charge on any atom is 0.337 e. The molecule has 6 heteroatoms. The molecule has 6 nitrogen and oxygen atoms in total. The first-order valence-corrected chi connectivity index (χ1v) is 6.15. The van der Waals surface area contributed by atoms with Crippen LogP contribution in [0.4, 0.5) is 16.2 Å². The van der Waals surface area contributed by atoms with Crippen LogP contribution < -0.4 is 15.4 Å². The molecule has 0 heterocycles. The molecule has 2 aromatic rings. The zero-order valence-corrected chi connectivity index (χ0v) is 11.3. The van der Waals surface area contributed by atoms with E-state index in [0.29, 0.717) is 11.4 Å². The van der Waals surface area contributed by atoms with E-state index in [1.165, 1.54) is 19.2 Å². The standard InChI is InChI=1S/C15H14N2O4/c1-21-13-9-5-4-8-12(13)17-15(20)16-11-7-3-2-6-10(11)14(18)19/h2-9H,1H3,(H,18,19)(H2,16,17,20). The second-order valence-corrected chi connectivity index (χ2v) is 4.13. The number of anilines is 2. The number of nitrogens with one attached hydrogen (secondary N) is 2. The lowest BCUT2D eigenvalue weighted by atomic mass is 10.2. The molecule has 0 unspecified atom stereocenters. The number of carboxylic acid groups (broad SMARTS) is 1. The van der Waals surface area contributed by atoms with Gasteiger partial charge in [0.25, 0.3) is 0 Å². The normalized spacial score (nSPS) is 9.76. The summed E-state index contributed by atoms with van der Waals surface area (Å²) in [6.45, 7) is 0. The maximum atomic E-state index is 12.0. The summed E-state index contributed by atoms with van der Waals surface area (Å²) in [5.74, 6) is -0.595. The van der Waals surface area contributed by atoms with Crippen molar-refractivity contribution in [3.05, 3.63) is 54.1 Å². The fraction of sp³-hybridized carbons (Fsp3) is 0.0667. The van der Waals surface area contributed by atoms with Gasteiger partial charge in [-0.05, 0) is 24.3 Å². The third kappa shape index (κ3) is 3.50. The molecule has 2 amide bonds. The molecule has 0 bridgehead atoms. The fourth-order valence-corrected chi connectivity index (χ4v) is 1.80. The lowest BCUT2D eigenvalue weighted by Gasteiger charge is -2.12. The number of hydrogen-bond acceptors (Lipinski definition) is 3. The molecular weight excluding hydrogens is 272 g/mol. The quantitative estimate of drug-likeness (QED) is 0.806. The van der Waals surface area contributed by atoms with E-state index < -0.39 is 12.0 Å². The van der Waals surface area contributed by atoms with Crippen LogP contribution in [0.5, 0.6) is 5.75 Å². The molecule has 21 heavy (non-hydrogen) atoms. The van der Waals surface area contributed by atoms with Crippen LogP contribution >= 0.6 is 0 Å². The van der Waals surface area contributed by atoms with Gasteiger partial charge < -0.3 is 20.5 Å². The number of ether oxygens (including phenoxy) is 1. The number of urea groups is 1. The maximum absolute atomic E-state index is 12.0. The molecule has 0 atom stereocenters. The van der Waals surface area contributed by atoms with E-state index in [1.54, 1.807) is 36.4 Å². The molecule has 0 saturated carbocycles. The molecule has 108 valence electrons. The van der Waals surface area contributed by atoms with Gasteiger partial charge in [-0.3, -0.25) is 0 Å². The molecule has 0 spiro atoms. The fourth-order valence-electron chi connectivity index (χ4n) is 1.80. The topological polar surface area (TPSA) is 87.7 Å². The third-order valence-electron chi connectivity index (χ3n) is 2.76. The van der Waals surface area contributed by atoms with Gasteiger partial charge in [0.05, 0.1) is 24.0 Å². The molecule has 3 N–H and O–H groups in total. The predicted molar refractivity (Wildman–Crippen MR) is 79.0 cm³/mol. The molecule has 0 saturated heterocycles. The Balaban J connectivity index is 2.14. The van der Waals surface area contributed by atoms with Gasteiger partial charge in [-0.1, -0.05) is 24.3 Å². The van der Waals surface area contributed by atoms with E-state index in [9.17, 15) is 9.59 Å². The summed E-state index contributed by atoms with van der Waals surface area (Å²) in [6, 6.07) is 12.5. The highest BCUT2D eigenvalue weighted by atomic mass is 16.5. The van der Waals surface area contributed by atoms with Gasteiger partial charge in [-0.25, -0.2) is 9.59 Å². The molecular formula is C15H14N2O4. The van der Waals surface area contributed by atoms with E-state index in [4.69, 9.17) is 9.84 Å². The smallest absolute Gasteiger partial charge is 0.337 e. The Hall–Kier alpha value is -3.02. The van der Waals surface area contributed by atoms with Crippen LogP contribution in [0.25, 0.3) is 0 Å². The first-order valence-electron chi connectivity index (χ1n) is 6.15. The summed E-state index contributed by atoms with van der Waals surface area (Å²) < 4.78 is 5.12. The van der Waals surface area contributed by atoms with Gasteiger partial charge in [0.1, 0.15) is 5.75 Å². The number of aromatic carboxylic acids is 1. The number of carbonyl (C=O) groups is 2. The molecule has 0 aliphatic rings. The molecule has 0 aliphatic carbocycles. The monoisotopic (exact) mass is 286 g/mol. The minimum absolute atomic E-state index is 0.0210. The molecule has 0 aliphatic heterocycles. The summed E-state index contributed by atoms with van der Waals surface area (Å²) >= 11 is 0. The van der Waals surface area contributed by atoms with Gasteiger partial charge in [0, 0.05) is 0 Å². The zero-order valence-electron chi connectivity index (χ0n) is 11.3. The predicted octanol–water partition coefficient (Wildman–Crippen LogP) is 3.04. The van der Waals surface area contributed by atoms with Gasteiger partial charge in [-0.15, -0.1) is 0 Å². The van der Waals surface area contributed by atoms with Gasteiger partial charge in [-0.2, -0.15) is 0 Å². The lowest BCUT2D eigenvalue weighted by Crippen LogP contribution is -2.21. The van der Waals surface area contributed by atoms with E-state index in [1.807, 2.05) is 0 Å². The van der Waals surface area contributed by atoms with E-state index in [-0.39, 0.29) is 11.3 Å². The lowest BCUT2D eigenvalue weighted by molar-refractivity contribution is 0.0698. The Morgan fingerprint density at radius 1 is 0.952 bits per heavy atom. The van der Waals surface area contributed by atoms with Crippen molar-refractivity contribution in [2.75, 3.05) is 17.7 Å². The van der Waals surface area contributed by atoms with Crippen molar-refractivity contribution in [3.63, 3.8) is 0 Å². The van der Waals surface area contributed by atoms with Crippen LogP contribution in [0.15, 0.2) is 48.5 Å². The minimum Gasteiger partial charge on any atom is -0.495 e. The number of rotatable bonds is 4. The van der Waals surface area contributed by atoms with Gasteiger partial charge in [0.2, 0.25) is 0 Å². The number of hydrogen-bond donors (Lipinski definition) is 3. The first-order chi connectivity index (χ1) is 10.1. The first kappa shape index (κ1) is 14.4. The summed E-state index contributed by atoms with van der Waals surface area (Å²) in [5.41, 5.74) is 0.732. The highest BCUT2D eigenvalue weighted by Gasteiger charge is 2.12. The molecule has 2 rings (SSSR count). The largest absolute Gasteiger partial charge is 0.495 e.